The third-order valence-electron chi connectivity index (χ3n) is 2.07. The van der Waals surface area contributed by atoms with Gasteiger partial charge in [-0.2, -0.15) is 0 Å². The number of anilines is 2. The number of carbonyl (C=O) groups is 1. The average Bonchev–Trinajstić information content (AvgIpc) is 2.28. The summed E-state index contributed by atoms with van der Waals surface area (Å²) in [6.07, 6.45) is 0. The minimum absolute atomic E-state index is 0.0829. The fourth-order valence-electron chi connectivity index (χ4n) is 1.31. The average molecular weight is 258 g/mol. The number of hydrogen-bond donors (Lipinski definition) is 1. The molecule has 1 N–H and O–H groups in total. The maximum absolute atomic E-state index is 11.2. The van der Waals surface area contributed by atoms with Gasteiger partial charge < -0.3 is 10.2 Å². The van der Waals surface area contributed by atoms with Crippen LogP contribution >= 0.6 is 11.6 Å². The van der Waals surface area contributed by atoms with Gasteiger partial charge in [0.25, 0.3) is 5.69 Å². The topological polar surface area (TPSA) is 75.5 Å². The van der Waals surface area contributed by atoms with E-state index in [0.717, 1.165) is 0 Å². The number of nitrogens with zero attached hydrogens (tertiary/aromatic N) is 2. The van der Waals surface area contributed by atoms with Crippen LogP contribution in [-0.4, -0.2) is 30.8 Å². The first-order chi connectivity index (χ1) is 7.95. The molecule has 1 aromatic rings. The van der Waals surface area contributed by atoms with Crippen LogP contribution in [0.3, 0.4) is 0 Å². The zero-order valence-electron chi connectivity index (χ0n) is 9.44. The first-order valence-electron chi connectivity index (χ1n) is 4.77. The molecular weight excluding hydrogens is 246 g/mol. The molecule has 0 unspecified atom stereocenters. The second kappa shape index (κ2) is 5.49. The Morgan fingerprint density at radius 3 is 2.65 bits per heavy atom. The van der Waals surface area contributed by atoms with E-state index < -0.39 is 10.8 Å². The lowest BCUT2D eigenvalue weighted by Gasteiger charge is -2.17. The van der Waals surface area contributed by atoms with E-state index in [2.05, 4.69) is 5.32 Å². The molecule has 6 nitrogen and oxygen atoms in total. The highest BCUT2D eigenvalue weighted by atomic mass is 35.5. The maximum Gasteiger partial charge on any atom is 0.271 e. The van der Waals surface area contributed by atoms with Gasteiger partial charge in [0.2, 0.25) is 5.91 Å². The van der Waals surface area contributed by atoms with Gasteiger partial charge in [-0.15, -0.1) is 11.6 Å². The Hall–Kier alpha value is -1.82. The zero-order chi connectivity index (χ0) is 13.0. The quantitative estimate of drug-likeness (QED) is 0.507. The largest absolute Gasteiger partial charge is 0.376 e. The van der Waals surface area contributed by atoms with Gasteiger partial charge in [0.15, 0.2) is 0 Å². The van der Waals surface area contributed by atoms with E-state index in [-0.39, 0.29) is 11.6 Å². The van der Waals surface area contributed by atoms with Gasteiger partial charge >= 0.3 is 0 Å². The van der Waals surface area contributed by atoms with E-state index in [1.165, 1.54) is 12.1 Å². The van der Waals surface area contributed by atoms with Crippen LogP contribution in [0.2, 0.25) is 0 Å². The molecule has 0 aliphatic carbocycles. The molecule has 0 radical (unpaired) electrons. The standard InChI is InChI=1S/C10H12ClN3O3/c1-13(2)9-4-3-7(14(16)17)5-8(9)12-10(15)6-11/h3-5H,6H2,1-2H3,(H,12,15). The predicted molar refractivity (Wildman–Crippen MR) is 66.8 cm³/mol. The molecule has 0 aliphatic heterocycles. The van der Waals surface area contributed by atoms with Crippen molar-refractivity contribution in [3.05, 3.63) is 28.3 Å². The number of nitro groups is 1. The second-order valence-electron chi connectivity index (χ2n) is 3.53. The zero-order valence-corrected chi connectivity index (χ0v) is 10.2. The summed E-state index contributed by atoms with van der Waals surface area (Å²) in [4.78, 5) is 23.1. The number of carbonyl (C=O) groups excluding carboxylic acids is 1. The molecule has 0 aromatic heterocycles. The lowest BCUT2D eigenvalue weighted by Crippen LogP contribution is -2.17. The summed E-state index contributed by atoms with van der Waals surface area (Å²) in [7, 11) is 3.55. The van der Waals surface area contributed by atoms with Crippen molar-refractivity contribution in [1.82, 2.24) is 0 Å². The number of rotatable bonds is 4. The van der Waals surface area contributed by atoms with Gasteiger partial charge in [0.05, 0.1) is 16.3 Å². The molecule has 0 heterocycles. The monoisotopic (exact) mass is 257 g/mol. The Bertz CT molecular complexity index is 448. The van der Waals surface area contributed by atoms with Crippen LogP contribution in [0.5, 0.6) is 0 Å². The highest BCUT2D eigenvalue weighted by molar-refractivity contribution is 6.29. The number of hydrogen-bond acceptors (Lipinski definition) is 4. The Labute approximate surface area is 103 Å². The van der Waals surface area contributed by atoms with Crippen LogP contribution in [-0.2, 0) is 4.79 Å². The van der Waals surface area contributed by atoms with Crippen molar-refractivity contribution in [1.29, 1.82) is 0 Å². The molecule has 1 rings (SSSR count). The minimum atomic E-state index is -0.518. The maximum atomic E-state index is 11.2. The van der Waals surface area contributed by atoms with Crippen molar-refractivity contribution < 1.29 is 9.72 Å². The van der Waals surface area contributed by atoms with Gasteiger partial charge in [-0.05, 0) is 6.07 Å². The molecule has 1 amide bonds. The van der Waals surface area contributed by atoms with Crippen LogP contribution < -0.4 is 10.2 Å². The number of non-ortho nitro benzene ring substituents is 1. The number of amides is 1. The summed E-state index contributed by atoms with van der Waals surface area (Å²) in [5.74, 6) is -0.606. The van der Waals surface area contributed by atoms with Crippen LogP contribution in [0.15, 0.2) is 18.2 Å². The van der Waals surface area contributed by atoms with Crippen molar-refractivity contribution in [2.75, 3.05) is 30.2 Å². The molecule has 92 valence electrons. The van der Waals surface area contributed by atoms with Crippen LogP contribution in [0.1, 0.15) is 0 Å². The van der Waals surface area contributed by atoms with Crippen LogP contribution in [0.4, 0.5) is 17.1 Å². The van der Waals surface area contributed by atoms with Crippen LogP contribution in [0, 0.1) is 10.1 Å². The lowest BCUT2D eigenvalue weighted by atomic mass is 10.2. The first kappa shape index (κ1) is 13.2. The Morgan fingerprint density at radius 1 is 1.53 bits per heavy atom. The third kappa shape index (κ3) is 3.32. The summed E-state index contributed by atoms with van der Waals surface area (Å²) in [5.41, 5.74) is 0.962. The molecule has 0 fully saturated rings. The van der Waals surface area contributed by atoms with E-state index in [0.29, 0.717) is 11.4 Å². The number of benzene rings is 1. The van der Waals surface area contributed by atoms with Crippen molar-refractivity contribution in [3.63, 3.8) is 0 Å². The molecule has 0 saturated heterocycles. The van der Waals surface area contributed by atoms with E-state index in [1.807, 2.05) is 0 Å². The SMILES string of the molecule is CN(C)c1ccc([N+](=O)[O-])cc1NC(=O)CCl. The van der Waals surface area contributed by atoms with Gasteiger partial charge in [-0.3, -0.25) is 14.9 Å². The van der Waals surface area contributed by atoms with E-state index >= 15 is 0 Å². The van der Waals surface area contributed by atoms with Crippen molar-refractivity contribution >= 4 is 34.6 Å². The molecule has 0 saturated carbocycles. The summed E-state index contributed by atoms with van der Waals surface area (Å²) >= 11 is 5.38. The van der Waals surface area contributed by atoms with Crippen molar-refractivity contribution in [3.8, 4) is 0 Å². The minimum Gasteiger partial charge on any atom is -0.376 e. The van der Waals surface area contributed by atoms with Crippen LogP contribution in [0.25, 0.3) is 0 Å². The van der Waals surface area contributed by atoms with Crippen molar-refractivity contribution in [2.24, 2.45) is 0 Å². The Balaban J connectivity index is 3.15. The molecular formula is C10H12ClN3O3. The molecule has 17 heavy (non-hydrogen) atoms. The molecule has 1 aromatic carbocycles. The van der Waals surface area contributed by atoms with Gasteiger partial charge in [-0.1, -0.05) is 0 Å². The van der Waals surface area contributed by atoms with E-state index in [1.54, 1.807) is 25.1 Å². The molecule has 7 heteroatoms. The lowest BCUT2D eigenvalue weighted by molar-refractivity contribution is -0.384. The highest BCUT2D eigenvalue weighted by Gasteiger charge is 2.13. The molecule has 0 bridgehead atoms. The molecule has 0 spiro atoms. The highest BCUT2D eigenvalue weighted by Crippen LogP contribution is 2.28. The summed E-state index contributed by atoms with van der Waals surface area (Å²) < 4.78 is 0. The Morgan fingerprint density at radius 2 is 2.18 bits per heavy atom. The van der Waals surface area contributed by atoms with Gasteiger partial charge in [0, 0.05) is 26.2 Å². The molecule has 0 aliphatic rings. The first-order valence-corrected chi connectivity index (χ1v) is 5.30. The predicted octanol–water partition coefficient (Wildman–Crippen LogP) is 1.84. The van der Waals surface area contributed by atoms with E-state index in [4.69, 9.17) is 11.6 Å². The number of nitro benzene ring substituents is 1. The smallest absolute Gasteiger partial charge is 0.271 e. The summed E-state index contributed by atoms with van der Waals surface area (Å²) in [5, 5.41) is 13.2. The fourth-order valence-corrected chi connectivity index (χ4v) is 1.38. The number of nitrogens with one attached hydrogen (secondary N) is 1. The fraction of sp³-hybridized carbons (Fsp3) is 0.300. The summed E-state index contributed by atoms with van der Waals surface area (Å²) in [6.45, 7) is 0. The third-order valence-corrected chi connectivity index (χ3v) is 2.31. The number of alkyl halides is 1. The normalized spacial score (nSPS) is 9.82. The van der Waals surface area contributed by atoms with Gasteiger partial charge in [0.1, 0.15) is 5.88 Å². The number of halogens is 1. The molecule has 0 atom stereocenters. The second-order valence-corrected chi connectivity index (χ2v) is 3.80. The Kier molecular flexibility index (Phi) is 4.28. The summed E-state index contributed by atoms with van der Waals surface area (Å²) in [6, 6.07) is 4.26. The van der Waals surface area contributed by atoms with Crippen molar-refractivity contribution in [2.45, 2.75) is 0 Å². The van der Waals surface area contributed by atoms with Gasteiger partial charge in [-0.25, -0.2) is 0 Å². The van der Waals surface area contributed by atoms with E-state index in [9.17, 15) is 14.9 Å².